The van der Waals surface area contributed by atoms with Gasteiger partial charge in [0, 0.05) is 67.7 Å². The van der Waals surface area contributed by atoms with Gasteiger partial charge in [0.1, 0.15) is 11.6 Å². The Labute approximate surface area is 251 Å². The van der Waals surface area contributed by atoms with Crippen LogP contribution >= 0.6 is 0 Å². The summed E-state index contributed by atoms with van der Waals surface area (Å²) in [6, 6.07) is 23.3. The molecular weight excluding hydrogens is 534 g/mol. The summed E-state index contributed by atoms with van der Waals surface area (Å²) < 4.78 is 5.35. The van der Waals surface area contributed by atoms with E-state index < -0.39 is 0 Å². The Morgan fingerprint density at radius 3 is 2.40 bits per heavy atom. The normalized spacial score (nSPS) is 17.6. The van der Waals surface area contributed by atoms with Crippen LogP contribution in [0.15, 0.2) is 85.3 Å². The predicted octanol–water partition coefficient (Wildman–Crippen LogP) is 6.14. The Bertz CT molecular complexity index is 1730. The van der Waals surface area contributed by atoms with E-state index in [9.17, 15) is 0 Å². The number of ether oxygens (including phenoxy) is 1. The Hall–Kier alpha value is -4.40. The first-order valence-electron chi connectivity index (χ1n) is 15.3. The molecule has 0 amide bonds. The van der Waals surface area contributed by atoms with Crippen LogP contribution in [0, 0.1) is 0 Å². The van der Waals surface area contributed by atoms with Crippen molar-refractivity contribution in [3.05, 3.63) is 102 Å². The fourth-order valence-electron chi connectivity index (χ4n) is 6.16. The van der Waals surface area contributed by atoms with Gasteiger partial charge in [-0.1, -0.05) is 42.5 Å². The Kier molecular flexibility index (Phi) is 6.93. The second-order valence-corrected chi connectivity index (χ2v) is 11.9. The molecule has 8 heteroatoms. The van der Waals surface area contributed by atoms with E-state index in [-0.39, 0.29) is 0 Å². The van der Waals surface area contributed by atoms with Gasteiger partial charge in [-0.25, -0.2) is 15.0 Å². The second-order valence-electron chi connectivity index (χ2n) is 11.9. The van der Waals surface area contributed by atoms with Crippen LogP contribution in [0.25, 0.3) is 22.3 Å². The molecule has 3 aliphatic rings. The highest BCUT2D eigenvalue weighted by Crippen LogP contribution is 2.45. The van der Waals surface area contributed by atoms with Gasteiger partial charge >= 0.3 is 0 Å². The van der Waals surface area contributed by atoms with Crippen LogP contribution in [0.2, 0.25) is 0 Å². The molecule has 0 radical (unpaired) electrons. The lowest BCUT2D eigenvalue weighted by Crippen LogP contribution is -2.46. The predicted molar refractivity (Wildman–Crippen MR) is 170 cm³/mol. The fourth-order valence-corrected chi connectivity index (χ4v) is 6.16. The largest absolute Gasteiger partial charge is 0.380 e. The maximum atomic E-state index is 5.35. The zero-order chi connectivity index (χ0) is 28.6. The maximum absolute atomic E-state index is 5.35. The van der Waals surface area contributed by atoms with Gasteiger partial charge in [0.2, 0.25) is 0 Å². The number of piperazine rings is 1. The van der Waals surface area contributed by atoms with E-state index in [1.165, 1.54) is 34.9 Å². The fraction of sp³-hybridized carbons (Fsp3) is 0.314. The van der Waals surface area contributed by atoms with Crippen molar-refractivity contribution in [2.45, 2.75) is 31.2 Å². The van der Waals surface area contributed by atoms with Crippen molar-refractivity contribution in [3.8, 4) is 11.4 Å². The number of anilines is 3. The number of hydrogen-bond donors (Lipinski definition) is 1. The van der Waals surface area contributed by atoms with E-state index >= 15 is 0 Å². The summed E-state index contributed by atoms with van der Waals surface area (Å²) in [6.45, 7) is 6.45. The number of aromatic nitrogens is 4. The number of fused-ring (bicyclic) bond motifs is 1. The molecule has 5 aromatic rings. The maximum Gasteiger partial charge on any atom is 0.162 e. The molecule has 8 rings (SSSR count). The molecule has 3 aromatic heterocycles. The van der Waals surface area contributed by atoms with Gasteiger partial charge in [-0.05, 0) is 59.7 Å². The smallest absolute Gasteiger partial charge is 0.162 e. The lowest BCUT2D eigenvalue weighted by molar-refractivity contribution is 0.00843. The number of hydrogen-bond acceptors (Lipinski definition) is 8. The molecule has 216 valence electrons. The summed E-state index contributed by atoms with van der Waals surface area (Å²) >= 11 is 0. The quantitative estimate of drug-likeness (QED) is 0.239. The van der Waals surface area contributed by atoms with Gasteiger partial charge in [-0.3, -0.25) is 9.88 Å². The molecule has 2 aromatic carbocycles. The summed E-state index contributed by atoms with van der Waals surface area (Å²) in [5, 5.41) is 4.63. The molecule has 1 N–H and O–H groups in total. The van der Waals surface area contributed by atoms with Crippen molar-refractivity contribution in [3.63, 3.8) is 0 Å². The van der Waals surface area contributed by atoms with Crippen LogP contribution in [0.4, 0.5) is 17.3 Å². The van der Waals surface area contributed by atoms with E-state index in [0.717, 1.165) is 74.3 Å². The first-order chi connectivity index (χ1) is 21.3. The molecule has 0 spiro atoms. The Morgan fingerprint density at radius 1 is 0.837 bits per heavy atom. The lowest BCUT2D eigenvalue weighted by Gasteiger charge is -2.36. The van der Waals surface area contributed by atoms with Gasteiger partial charge in [0.15, 0.2) is 5.82 Å². The first-order valence-corrected chi connectivity index (χ1v) is 15.3. The second kappa shape index (κ2) is 11.4. The third-order valence-corrected chi connectivity index (χ3v) is 8.87. The zero-order valence-electron chi connectivity index (χ0n) is 24.2. The van der Waals surface area contributed by atoms with Gasteiger partial charge in [0.25, 0.3) is 0 Å². The number of pyridine rings is 2. The zero-order valence-corrected chi connectivity index (χ0v) is 24.2. The molecule has 2 saturated heterocycles. The highest BCUT2D eigenvalue weighted by atomic mass is 16.5. The summed E-state index contributed by atoms with van der Waals surface area (Å²) in [6.07, 6.45) is 8.18. The van der Waals surface area contributed by atoms with Crippen molar-refractivity contribution in [2.75, 3.05) is 49.6 Å². The minimum Gasteiger partial charge on any atom is -0.380 e. The van der Waals surface area contributed by atoms with Crippen molar-refractivity contribution in [2.24, 2.45) is 0 Å². The van der Waals surface area contributed by atoms with Gasteiger partial charge < -0.3 is 15.0 Å². The van der Waals surface area contributed by atoms with Gasteiger partial charge in [-0.15, -0.1) is 0 Å². The average Bonchev–Trinajstić information content (AvgIpc) is 3.87. The van der Waals surface area contributed by atoms with Crippen LogP contribution < -0.4 is 10.2 Å². The number of rotatable bonds is 8. The standard InChI is InChI=1S/C35H35N7O/c1-2-4-24(5-3-1)21-41-14-16-42(17-15-41)35-33-30(26-6-7-26)19-36-20-31(33)39-34(40-35)27-12-13-37-32(18-27)38-29-10-8-25(9-11-29)28-22-43-23-28/h1-5,8-13,18-20,26,28H,6-7,14-17,21-23H2,(H,37,38). The molecule has 43 heavy (non-hydrogen) atoms. The van der Waals surface area contributed by atoms with Crippen molar-refractivity contribution in [1.82, 2.24) is 24.8 Å². The molecule has 8 nitrogen and oxygen atoms in total. The van der Waals surface area contributed by atoms with Crippen molar-refractivity contribution < 1.29 is 4.74 Å². The van der Waals surface area contributed by atoms with E-state index in [0.29, 0.717) is 17.7 Å². The Morgan fingerprint density at radius 2 is 1.65 bits per heavy atom. The van der Waals surface area contributed by atoms with Gasteiger partial charge in [-0.2, -0.15) is 0 Å². The highest BCUT2D eigenvalue weighted by Gasteiger charge is 2.30. The van der Waals surface area contributed by atoms with Crippen molar-refractivity contribution >= 4 is 28.2 Å². The summed E-state index contributed by atoms with van der Waals surface area (Å²) in [5.74, 6) is 3.57. The Balaban J connectivity index is 1.08. The monoisotopic (exact) mass is 569 g/mol. The van der Waals surface area contributed by atoms with Crippen LogP contribution in [0.3, 0.4) is 0 Å². The van der Waals surface area contributed by atoms with E-state index in [4.69, 9.17) is 14.7 Å². The molecule has 0 unspecified atom stereocenters. The van der Waals surface area contributed by atoms with Crippen molar-refractivity contribution in [1.29, 1.82) is 0 Å². The first kappa shape index (κ1) is 26.2. The highest BCUT2D eigenvalue weighted by molar-refractivity contribution is 5.94. The third kappa shape index (κ3) is 5.56. The molecule has 2 aliphatic heterocycles. The van der Waals surface area contributed by atoms with E-state index in [1.54, 1.807) is 0 Å². The van der Waals surface area contributed by atoms with Gasteiger partial charge in [0.05, 0.1) is 24.9 Å². The third-order valence-electron chi connectivity index (χ3n) is 8.87. The van der Waals surface area contributed by atoms with Crippen LogP contribution in [0.1, 0.15) is 41.4 Å². The molecule has 5 heterocycles. The number of nitrogens with one attached hydrogen (secondary N) is 1. The minimum absolute atomic E-state index is 0.511. The van der Waals surface area contributed by atoms with E-state index in [2.05, 4.69) is 79.7 Å². The summed E-state index contributed by atoms with van der Waals surface area (Å²) in [4.78, 5) is 24.5. The minimum atomic E-state index is 0.511. The average molecular weight is 570 g/mol. The summed E-state index contributed by atoms with van der Waals surface area (Å²) in [5.41, 5.74) is 6.82. The number of nitrogens with zero attached hydrogens (tertiary/aromatic N) is 6. The van der Waals surface area contributed by atoms with Crippen LogP contribution in [0.5, 0.6) is 0 Å². The van der Waals surface area contributed by atoms with E-state index in [1.807, 2.05) is 30.7 Å². The molecule has 3 fully saturated rings. The molecule has 1 aliphatic carbocycles. The lowest BCUT2D eigenvalue weighted by atomic mass is 9.97. The SMILES string of the molecule is c1ccc(CN2CCN(c3nc(-c4ccnc(Nc5ccc(C6COC6)cc5)c4)nc4cncc(C5CC5)c34)CC2)cc1. The van der Waals surface area contributed by atoms with Crippen LogP contribution in [-0.4, -0.2) is 64.2 Å². The molecule has 0 atom stereocenters. The van der Waals surface area contributed by atoms with Crippen LogP contribution in [-0.2, 0) is 11.3 Å². The topological polar surface area (TPSA) is 79.3 Å². The summed E-state index contributed by atoms with van der Waals surface area (Å²) in [7, 11) is 0. The number of benzene rings is 2. The molecule has 1 saturated carbocycles. The molecule has 0 bridgehead atoms. The molecular formula is C35H35N7O.